The van der Waals surface area contributed by atoms with E-state index in [1.807, 2.05) is 12.2 Å². The van der Waals surface area contributed by atoms with Crippen LogP contribution in [0.5, 0.6) is 0 Å². The topological polar surface area (TPSA) is 37.3 Å². The molecule has 0 aromatic heterocycles. The Morgan fingerprint density at radius 2 is 2.05 bits per heavy atom. The average Bonchev–Trinajstić information content (AvgIpc) is 2.93. The Labute approximate surface area is 135 Å². The number of rotatable bonds is 11. The van der Waals surface area contributed by atoms with E-state index in [0.717, 1.165) is 6.42 Å². The van der Waals surface area contributed by atoms with Crippen LogP contribution in [0, 0.1) is 0 Å². The summed E-state index contributed by atoms with van der Waals surface area (Å²) in [6, 6.07) is 0. The molecule has 1 aliphatic rings. The predicted octanol–water partition coefficient (Wildman–Crippen LogP) is 5.96. The summed E-state index contributed by atoms with van der Waals surface area (Å²) in [6.45, 7) is 2.25. The number of hydrogen-bond donors (Lipinski definition) is 1. The third-order valence-electron chi connectivity index (χ3n) is 4.01. The monoisotopic (exact) mass is 302 g/mol. The summed E-state index contributed by atoms with van der Waals surface area (Å²) in [5.41, 5.74) is 6.15. The minimum Gasteiger partial charge on any atom is -0.481 e. The highest BCUT2D eigenvalue weighted by Gasteiger charge is 2.10. The molecule has 0 fully saturated rings. The van der Waals surface area contributed by atoms with Crippen LogP contribution in [0.15, 0.2) is 41.2 Å². The molecule has 1 N–H and O–H groups in total. The van der Waals surface area contributed by atoms with Crippen molar-refractivity contribution in [2.75, 3.05) is 0 Å². The number of allylic oxidation sites excluding steroid dienone is 5. The zero-order valence-electron chi connectivity index (χ0n) is 13.9. The maximum Gasteiger partial charge on any atom is 0.303 e. The van der Waals surface area contributed by atoms with Gasteiger partial charge in [-0.05, 0) is 62.7 Å². The first-order valence-electron chi connectivity index (χ1n) is 8.72. The molecule has 1 rings (SSSR count). The van der Waals surface area contributed by atoms with Crippen LogP contribution in [-0.4, -0.2) is 11.1 Å². The molecule has 0 aliphatic heterocycles. The number of aliphatic carboxylic acids is 1. The Morgan fingerprint density at radius 3 is 2.82 bits per heavy atom. The van der Waals surface area contributed by atoms with Crippen molar-refractivity contribution in [3.8, 4) is 0 Å². The second kappa shape index (κ2) is 12.1. The lowest BCUT2D eigenvalue weighted by Gasteiger charge is -1.99. The van der Waals surface area contributed by atoms with Gasteiger partial charge in [0, 0.05) is 6.42 Å². The van der Waals surface area contributed by atoms with Gasteiger partial charge in [0.1, 0.15) is 0 Å². The van der Waals surface area contributed by atoms with Crippen molar-refractivity contribution in [2.24, 2.45) is 0 Å². The molecule has 0 amide bonds. The van der Waals surface area contributed by atoms with Gasteiger partial charge >= 0.3 is 5.97 Å². The normalized spacial score (nSPS) is 14.4. The number of hydrogen-bond acceptors (Lipinski definition) is 1. The molecule has 0 saturated heterocycles. The van der Waals surface area contributed by atoms with Gasteiger partial charge in [0.05, 0.1) is 0 Å². The fourth-order valence-corrected chi connectivity index (χ4v) is 2.72. The van der Waals surface area contributed by atoms with E-state index in [1.165, 1.54) is 62.5 Å². The van der Waals surface area contributed by atoms with E-state index in [9.17, 15) is 4.79 Å². The van der Waals surface area contributed by atoms with Gasteiger partial charge in [0.2, 0.25) is 0 Å². The molecule has 0 spiro atoms. The molecular weight excluding hydrogens is 272 g/mol. The maximum atomic E-state index is 10.4. The maximum absolute atomic E-state index is 10.4. The molecule has 2 heteroatoms. The predicted molar refractivity (Wildman–Crippen MR) is 92.9 cm³/mol. The smallest absolute Gasteiger partial charge is 0.303 e. The van der Waals surface area contributed by atoms with Crippen LogP contribution in [0.25, 0.3) is 0 Å². The van der Waals surface area contributed by atoms with E-state index in [-0.39, 0.29) is 6.42 Å². The van der Waals surface area contributed by atoms with Crippen LogP contribution >= 0.6 is 0 Å². The molecule has 0 aromatic rings. The van der Waals surface area contributed by atoms with Gasteiger partial charge in [-0.25, -0.2) is 0 Å². The molecule has 0 radical (unpaired) electrons. The molecule has 0 saturated carbocycles. The third-order valence-corrected chi connectivity index (χ3v) is 4.01. The Balaban J connectivity index is 2.34. The average molecular weight is 302 g/mol. The second-order valence-electron chi connectivity index (χ2n) is 5.95. The van der Waals surface area contributed by atoms with Crippen molar-refractivity contribution in [3.05, 3.63) is 41.2 Å². The summed E-state index contributed by atoms with van der Waals surface area (Å²) in [6.07, 6.45) is 20.4. The minimum atomic E-state index is -0.747. The van der Waals surface area contributed by atoms with Crippen molar-refractivity contribution in [3.63, 3.8) is 0 Å². The second-order valence-corrected chi connectivity index (χ2v) is 5.95. The number of unbranched alkanes of at least 4 members (excludes halogenated alkanes) is 4. The standard InChI is InChI=1S/C20H30O2/c1-2-3-4-5-6-9-13-18-15-12-16-19(18)14-10-7-8-11-17-20(21)22/h8-10,13H,2-6,11-12,14-17H2,1H3,(H,21,22). The SMILES string of the molecule is CCCCCCC=CC1=C(CC=C=CCCC(=O)O)CCC1. The summed E-state index contributed by atoms with van der Waals surface area (Å²) in [5, 5.41) is 8.55. The molecule has 0 bridgehead atoms. The van der Waals surface area contributed by atoms with Gasteiger partial charge in [-0.1, -0.05) is 43.9 Å². The van der Waals surface area contributed by atoms with Crippen LogP contribution in [0.2, 0.25) is 0 Å². The minimum absolute atomic E-state index is 0.190. The zero-order chi connectivity index (χ0) is 16.0. The molecule has 22 heavy (non-hydrogen) atoms. The van der Waals surface area contributed by atoms with Crippen molar-refractivity contribution < 1.29 is 9.90 Å². The van der Waals surface area contributed by atoms with Gasteiger partial charge in [0.15, 0.2) is 0 Å². The summed E-state index contributed by atoms with van der Waals surface area (Å²) in [7, 11) is 0. The Morgan fingerprint density at radius 1 is 1.18 bits per heavy atom. The summed E-state index contributed by atoms with van der Waals surface area (Å²) in [5.74, 6) is -0.747. The van der Waals surface area contributed by atoms with E-state index >= 15 is 0 Å². The molecular formula is C20H30O2. The van der Waals surface area contributed by atoms with Crippen LogP contribution in [0.1, 0.15) is 77.6 Å². The molecule has 2 nitrogen and oxygen atoms in total. The van der Waals surface area contributed by atoms with Crippen LogP contribution in [0.4, 0.5) is 0 Å². The van der Waals surface area contributed by atoms with E-state index in [1.54, 1.807) is 0 Å². The summed E-state index contributed by atoms with van der Waals surface area (Å²) >= 11 is 0. The molecule has 0 heterocycles. The first-order chi connectivity index (χ1) is 10.7. The van der Waals surface area contributed by atoms with Gasteiger partial charge < -0.3 is 5.11 Å². The van der Waals surface area contributed by atoms with Crippen LogP contribution in [-0.2, 0) is 4.79 Å². The summed E-state index contributed by atoms with van der Waals surface area (Å²) in [4.78, 5) is 10.4. The Bertz CT molecular complexity index is 448. The van der Waals surface area contributed by atoms with E-state index in [0.29, 0.717) is 6.42 Å². The lowest BCUT2D eigenvalue weighted by atomic mass is 10.1. The lowest BCUT2D eigenvalue weighted by Crippen LogP contribution is -1.91. The van der Waals surface area contributed by atoms with E-state index < -0.39 is 5.97 Å². The molecule has 122 valence electrons. The molecule has 1 aliphatic carbocycles. The molecule has 0 atom stereocenters. The van der Waals surface area contributed by atoms with Crippen LogP contribution < -0.4 is 0 Å². The molecule has 0 unspecified atom stereocenters. The lowest BCUT2D eigenvalue weighted by molar-refractivity contribution is -0.136. The highest BCUT2D eigenvalue weighted by Crippen LogP contribution is 2.29. The first kappa shape index (κ1) is 18.5. The molecule has 0 aromatic carbocycles. The fourth-order valence-electron chi connectivity index (χ4n) is 2.72. The number of carboxylic acids is 1. The van der Waals surface area contributed by atoms with Crippen molar-refractivity contribution >= 4 is 5.97 Å². The van der Waals surface area contributed by atoms with Gasteiger partial charge in [-0.3, -0.25) is 4.79 Å². The Kier molecular flexibility index (Phi) is 10.1. The van der Waals surface area contributed by atoms with Crippen molar-refractivity contribution in [1.82, 2.24) is 0 Å². The fraction of sp³-hybridized carbons (Fsp3) is 0.600. The first-order valence-corrected chi connectivity index (χ1v) is 8.72. The van der Waals surface area contributed by atoms with Gasteiger partial charge in [-0.2, -0.15) is 0 Å². The number of carboxylic acid groups (broad SMARTS) is 1. The highest BCUT2D eigenvalue weighted by molar-refractivity contribution is 5.66. The quantitative estimate of drug-likeness (QED) is 0.377. The largest absolute Gasteiger partial charge is 0.481 e. The van der Waals surface area contributed by atoms with Crippen molar-refractivity contribution in [2.45, 2.75) is 77.6 Å². The van der Waals surface area contributed by atoms with Crippen molar-refractivity contribution in [1.29, 1.82) is 0 Å². The Hall–Kier alpha value is -1.53. The zero-order valence-corrected chi connectivity index (χ0v) is 13.9. The third kappa shape index (κ3) is 8.69. The highest BCUT2D eigenvalue weighted by atomic mass is 16.4. The number of carbonyl (C=O) groups is 1. The summed E-state index contributed by atoms with van der Waals surface area (Å²) < 4.78 is 0. The van der Waals surface area contributed by atoms with Gasteiger partial charge in [0.25, 0.3) is 0 Å². The van der Waals surface area contributed by atoms with E-state index in [4.69, 9.17) is 5.11 Å². The van der Waals surface area contributed by atoms with Crippen LogP contribution in [0.3, 0.4) is 0 Å². The van der Waals surface area contributed by atoms with E-state index in [2.05, 4.69) is 24.8 Å². The van der Waals surface area contributed by atoms with Gasteiger partial charge in [-0.15, -0.1) is 5.73 Å².